The highest BCUT2D eigenvalue weighted by Gasteiger charge is 2.44. The molecule has 10 heteroatoms. The SMILES string of the molecule is C=CC(=O)N1CCC2(CC1)CN(Cc1ccc(-n3c(-c4cccnc4N)nc4cnc(-c5ccc(F)cn5)cc43)cc1)C2. The van der Waals surface area contributed by atoms with Crippen LogP contribution >= 0.6 is 0 Å². The van der Waals surface area contributed by atoms with Gasteiger partial charge in [-0.05, 0) is 72.4 Å². The van der Waals surface area contributed by atoms with Gasteiger partial charge in [0.25, 0.3) is 0 Å². The number of halogens is 1. The predicted octanol–water partition coefficient (Wildman–Crippen LogP) is 4.88. The number of imidazole rings is 1. The number of rotatable bonds is 6. The minimum atomic E-state index is -0.400. The summed E-state index contributed by atoms with van der Waals surface area (Å²) in [6.45, 7) is 8.21. The number of hydrogen-bond donors (Lipinski definition) is 1. The average Bonchev–Trinajstić information content (AvgIpc) is 3.40. The molecule has 4 aromatic heterocycles. The van der Waals surface area contributed by atoms with Crippen LogP contribution in [-0.4, -0.2) is 66.4 Å². The summed E-state index contributed by atoms with van der Waals surface area (Å²) < 4.78 is 15.6. The van der Waals surface area contributed by atoms with Crippen molar-refractivity contribution in [2.75, 3.05) is 31.9 Å². The molecule has 216 valence electrons. The molecule has 0 aliphatic carbocycles. The normalized spacial score (nSPS) is 16.3. The number of nitrogens with two attached hydrogens (primary N) is 1. The van der Waals surface area contributed by atoms with Crippen LogP contribution in [0.3, 0.4) is 0 Å². The summed E-state index contributed by atoms with van der Waals surface area (Å²) in [5.41, 5.74) is 12.2. The van der Waals surface area contributed by atoms with E-state index in [1.165, 1.54) is 23.9 Å². The standard InChI is InChI=1S/C33H31FN8O/c1-2-30(43)41-14-11-33(12-15-41)20-40(21-33)19-22-5-8-24(9-6-22)42-29-16-27(26-10-7-23(34)17-37-26)38-18-28(29)39-32(42)25-4-3-13-36-31(25)35/h2-10,13,16-18H,1,11-12,14-15,19-21H2,(H2,35,36). The number of carbonyl (C=O) groups is 1. The largest absolute Gasteiger partial charge is 0.383 e. The first-order valence-electron chi connectivity index (χ1n) is 14.4. The molecule has 1 aromatic carbocycles. The maximum Gasteiger partial charge on any atom is 0.245 e. The van der Waals surface area contributed by atoms with Gasteiger partial charge in [-0.15, -0.1) is 0 Å². The van der Waals surface area contributed by atoms with Gasteiger partial charge < -0.3 is 10.6 Å². The molecule has 2 N–H and O–H groups in total. The van der Waals surface area contributed by atoms with Crippen molar-refractivity contribution in [3.8, 4) is 28.5 Å². The molecule has 0 bridgehead atoms. The number of aromatic nitrogens is 5. The van der Waals surface area contributed by atoms with Crippen molar-refractivity contribution >= 4 is 22.8 Å². The zero-order valence-corrected chi connectivity index (χ0v) is 23.7. The molecule has 6 heterocycles. The molecule has 0 radical (unpaired) electrons. The molecular weight excluding hydrogens is 543 g/mol. The molecule has 1 spiro atoms. The molecule has 1 amide bonds. The quantitative estimate of drug-likeness (QED) is 0.288. The highest BCUT2D eigenvalue weighted by Crippen LogP contribution is 2.41. The molecule has 5 aromatic rings. The van der Waals surface area contributed by atoms with Crippen molar-refractivity contribution in [2.45, 2.75) is 19.4 Å². The maximum atomic E-state index is 13.5. The van der Waals surface area contributed by atoms with Crippen LogP contribution in [0, 0.1) is 11.2 Å². The molecule has 2 aliphatic rings. The van der Waals surface area contributed by atoms with Crippen molar-refractivity contribution in [3.63, 3.8) is 0 Å². The van der Waals surface area contributed by atoms with E-state index in [4.69, 9.17) is 10.7 Å². The van der Waals surface area contributed by atoms with E-state index in [-0.39, 0.29) is 5.91 Å². The van der Waals surface area contributed by atoms with Crippen molar-refractivity contribution in [1.82, 2.24) is 34.3 Å². The molecule has 0 atom stereocenters. The number of nitrogen functional groups attached to an aromatic ring is 1. The lowest BCUT2D eigenvalue weighted by molar-refractivity contribution is -0.131. The highest BCUT2D eigenvalue weighted by atomic mass is 19.1. The second-order valence-electron chi connectivity index (χ2n) is 11.5. The number of benzene rings is 1. The Hall–Kier alpha value is -4.96. The molecule has 7 rings (SSSR count). The van der Waals surface area contributed by atoms with E-state index in [2.05, 4.69) is 55.3 Å². The lowest BCUT2D eigenvalue weighted by Gasteiger charge is -2.54. The Morgan fingerprint density at radius 1 is 1.00 bits per heavy atom. The minimum absolute atomic E-state index is 0.0331. The topological polar surface area (TPSA) is 106 Å². The molecule has 2 fully saturated rings. The Labute approximate surface area is 248 Å². The van der Waals surface area contributed by atoms with Gasteiger partial charge >= 0.3 is 0 Å². The fourth-order valence-electron chi connectivity index (χ4n) is 6.37. The monoisotopic (exact) mass is 574 g/mol. The van der Waals surface area contributed by atoms with Gasteiger partial charge in [-0.25, -0.2) is 14.4 Å². The molecule has 9 nitrogen and oxygen atoms in total. The number of amides is 1. The molecular formula is C33H31FN8O. The number of anilines is 1. The molecule has 0 unspecified atom stereocenters. The van der Waals surface area contributed by atoms with Crippen LogP contribution in [0.15, 0.2) is 85.8 Å². The lowest BCUT2D eigenvalue weighted by Crippen LogP contribution is -2.60. The second-order valence-corrected chi connectivity index (χ2v) is 11.5. The molecule has 43 heavy (non-hydrogen) atoms. The van der Waals surface area contributed by atoms with Crippen molar-refractivity contribution in [3.05, 3.63) is 97.2 Å². The number of carbonyl (C=O) groups excluding carboxylic acids is 1. The van der Waals surface area contributed by atoms with E-state index < -0.39 is 5.82 Å². The van der Waals surface area contributed by atoms with Crippen molar-refractivity contribution in [1.29, 1.82) is 0 Å². The van der Waals surface area contributed by atoms with Gasteiger partial charge in [-0.3, -0.25) is 24.2 Å². The molecule has 2 saturated heterocycles. The van der Waals surface area contributed by atoms with Crippen LogP contribution in [0.5, 0.6) is 0 Å². The van der Waals surface area contributed by atoms with E-state index in [0.717, 1.165) is 62.3 Å². The van der Waals surface area contributed by atoms with Gasteiger partial charge in [0, 0.05) is 44.6 Å². The molecule has 0 saturated carbocycles. The van der Waals surface area contributed by atoms with Gasteiger partial charge in [0.05, 0.1) is 34.9 Å². The van der Waals surface area contributed by atoms with Crippen molar-refractivity contribution in [2.24, 2.45) is 5.41 Å². The van der Waals surface area contributed by atoms with Crippen LogP contribution in [0.25, 0.3) is 39.5 Å². The second kappa shape index (κ2) is 10.7. The zero-order valence-electron chi connectivity index (χ0n) is 23.7. The van der Waals surface area contributed by atoms with Gasteiger partial charge in [0.15, 0.2) is 0 Å². The molecule has 2 aliphatic heterocycles. The van der Waals surface area contributed by atoms with E-state index in [9.17, 15) is 9.18 Å². The zero-order chi connectivity index (χ0) is 29.6. The van der Waals surface area contributed by atoms with Gasteiger partial charge in [-0.1, -0.05) is 18.7 Å². The maximum absolute atomic E-state index is 13.5. The number of piperidine rings is 1. The highest BCUT2D eigenvalue weighted by molar-refractivity contribution is 5.87. The third-order valence-electron chi connectivity index (χ3n) is 8.64. The van der Waals surface area contributed by atoms with Gasteiger partial charge in [0.1, 0.15) is 23.0 Å². The number of nitrogens with zero attached hydrogens (tertiary/aromatic N) is 7. The fraction of sp³-hybridized carbons (Fsp3) is 0.242. The smallest absolute Gasteiger partial charge is 0.245 e. The van der Waals surface area contributed by atoms with Crippen molar-refractivity contribution < 1.29 is 9.18 Å². The Balaban J connectivity index is 1.16. The van der Waals surface area contributed by atoms with Crippen LogP contribution in [0.4, 0.5) is 10.2 Å². The summed E-state index contributed by atoms with van der Waals surface area (Å²) in [6.07, 6.45) is 8.04. The summed E-state index contributed by atoms with van der Waals surface area (Å²) in [6, 6.07) is 17.1. The number of likely N-dealkylation sites (tertiary alicyclic amines) is 2. The van der Waals surface area contributed by atoms with Gasteiger partial charge in [0.2, 0.25) is 5.91 Å². The first-order chi connectivity index (χ1) is 20.9. The van der Waals surface area contributed by atoms with E-state index in [0.29, 0.717) is 34.0 Å². The fourth-order valence-corrected chi connectivity index (χ4v) is 6.37. The first-order valence-corrected chi connectivity index (χ1v) is 14.4. The predicted molar refractivity (Wildman–Crippen MR) is 163 cm³/mol. The summed E-state index contributed by atoms with van der Waals surface area (Å²) >= 11 is 0. The minimum Gasteiger partial charge on any atom is -0.383 e. The summed E-state index contributed by atoms with van der Waals surface area (Å²) in [5.74, 6) is 0.676. The van der Waals surface area contributed by atoms with Crippen LogP contribution in [0.1, 0.15) is 18.4 Å². The van der Waals surface area contributed by atoms with E-state index >= 15 is 0 Å². The summed E-state index contributed by atoms with van der Waals surface area (Å²) in [7, 11) is 0. The van der Waals surface area contributed by atoms with Crippen LogP contribution in [0.2, 0.25) is 0 Å². The lowest BCUT2D eigenvalue weighted by atomic mass is 9.72. The number of pyridine rings is 3. The first kappa shape index (κ1) is 26.9. The Bertz CT molecular complexity index is 1820. The Morgan fingerprint density at radius 2 is 1.77 bits per heavy atom. The number of fused-ring (bicyclic) bond motifs is 1. The Kier molecular flexibility index (Phi) is 6.70. The van der Waals surface area contributed by atoms with Crippen LogP contribution in [-0.2, 0) is 11.3 Å². The number of hydrogen-bond acceptors (Lipinski definition) is 7. The summed E-state index contributed by atoms with van der Waals surface area (Å²) in [5, 5.41) is 0. The van der Waals surface area contributed by atoms with E-state index in [1.807, 2.05) is 23.1 Å². The Morgan fingerprint density at radius 3 is 2.47 bits per heavy atom. The third kappa shape index (κ3) is 5.03. The average molecular weight is 575 g/mol. The van der Waals surface area contributed by atoms with Crippen LogP contribution < -0.4 is 5.73 Å². The summed E-state index contributed by atoms with van der Waals surface area (Å²) in [4.78, 5) is 34.3. The third-order valence-corrected chi connectivity index (χ3v) is 8.64. The van der Waals surface area contributed by atoms with Gasteiger partial charge in [-0.2, -0.15) is 0 Å². The van der Waals surface area contributed by atoms with E-state index in [1.54, 1.807) is 18.5 Å².